The Labute approximate surface area is 181 Å². The normalized spacial score (nSPS) is 11.4. The molecular formula is C21H21Br2N3O2. The van der Waals surface area contributed by atoms with Crippen LogP contribution in [0.1, 0.15) is 36.8 Å². The van der Waals surface area contributed by atoms with E-state index >= 15 is 0 Å². The highest BCUT2D eigenvalue weighted by Crippen LogP contribution is 2.28. The number of amides is 1. The topological polar surface area (TPSA) is 56.1 Å². The number of nitrogens with one attached hydrogen (secondary N) is 1. The molecule has 0 aliphatic rings. The molecule has 0 spiro atoms. The van der Waals surface area contributed by atoms with E-state index in [1.54, 1.807) is 30.0 Å². The molecule has 3 rings (SSSR count). The van der Waals surface area contributed by atoms with Crippen LogP contribution in [0.5, 0.6) is 5.75 Å². The van der Waals surface area contributed by atoms with Gasteiger partial charge in [0, 0.05) is 20.4 Å². The lowest BCUT2D eigenvalue weighted by Gasteiger charge is -2.14. The Morgan fingerprint density at radius 3 is 2.36 bits per heavy atom. The number of rotatable bonds is 4. The van der Waals surface area contributed by atoms with Crippen molar-refractivity contribution >= 4 is 43.6 Å². The highest BCUT2D eigenvalue weighted by Gasteiger charge is 2.22. The molecule has 0 saturated heterocycles. The van der Waals surface area contributed by atoms with E-state index in [2.05, 4.69) is 57.9 Å². The molecule has 0 fully saturated rings. The van der Waals surface area contributed by atoms with E-state index in [0.717, 1.165) is 15.9 Å². The number of anilines is 1. The van der Waals surface area contributed by atoms with Crippen molar-refractivity contribution in [3.05, 3.63) is 68.7 Å². The SMILES string of the molecule is COc1ccc(Br)c(C(=O)Nc2cc(C(C)(C)C)nn2-c2ccc(Br)cc2)c1. The lowest BCUT2D eigenvalue weighted by atomic mass is 9.92. The number of benzene rings is 2. The van der Waals surface area contributed by atoms with Crippen LogP contribution in [-0.2, 0) is 5.41 Å². The Hall–Kier alpha value is -2.12. The summed E-state index contributed by atoms with van der Waals surface area (Å²) in [5.74, 6) is 0.974. The smallest absolute Gasteiger partial charge is 0.258 e. The molecule has 0 unspecified atom stereocenters. The molecule has 0 bridgehead atoms. The molecule has 1 amide bonds. The number of carbonyl (C=O) groups is 1. The zero-order valence-corrected chi connectivity index (χ0v) is 19.3. The Morgan fingerprint density at radius 1 is 1.07 bits per heavy atom. The minimum Gasteiger partial charge on any atom is -0.497 e. The van der Waals surface area contributed by atoms with E-state index in [4.69, 9.17) is 9.84 Å². The zero-order valence-electron chi connectivity index (χ0n) is 16.1. The van der Waals surface area contributed by atoms with Crippen LogP contribution in [0.25, 0.3) is 5.69 Å². The highest BCUT2D eigenvalue weighted by molar-refractivity contribution is 9.10. The standard InChI is InChI=1S/C21H21Br2N3O2/c1-21(2,3)18-12-19(26(25-18)14-7-5-13(22)6-8-14)24-20(27)16-11-15(28-4)9-10-17(16)23/h5-12H,1-4H3,(H,24,27). The summed E-state index contributed by atoms with van der Waals surface area (Å²) in [6.07, 6.45) is 0. The molecule has 0 radical (unpaired) electrons. The number of hydrogen-bond donors (Lipinski definition) is 1. The monoisotopic (exact) mass is 505 g/mol. The van der Waals surface area contributed by atoms with Crippen LogP contribution < -0.4 is 10.1 Å². The van der Waals surface area contributed by atoms with Gasteiger partial charge >= 0.3 is 0 Å². The summed E-state index contributed by atoms with van der Waals surface area (Å²) in [6.45, 7) is 6.27. The van der Waals surface area contributed by atoms with Crippen molar-refractivity contribution in [2.45, 2.75) is 26.2 Å². The second kappa shape index (κ2) is 8.09. The van der Waals surface area contributed by atoms with Crippen LogP contribution >= 0.6 is 31.9 Å². The average Bonchev–Trinajstić information content (AvgIpc) is 3.07. The third-order valence-corrected chi connectivity index (χ3v) is 5.43. The quantitative estimate of drug-likeness (QED) is 0.475. The summed E-state index contributed by atoms with van der Waals surface area (Å²) in [5.41, 5.74) is 2.07. The van der Waals surface area contributed by atoms with E-state index in [1.165, 1.54) is 0 Å². The third-order valence-electron chi connectivity index (χ3n) is 4.21. The Morgan fingerprint density at radius 2 is 1.75 bits per heavy atom. The number of halogens is 2. The minimum absolute atomic E-state index is 0.156. The Kier molecular flexibility index (Phi) is 5.95. The summed E-state index contributed by atoms with van der Waals surface area (Å²) >= 11 is 6.89. The fourth-order valence-electron chi connectivity index (χ4n) is 2.60. The summed E-state index contributed by atoms with van der Waals surface area (Å²) in [4.78, 5) is 13.0. The molecule has 0 atom stereocenters. The van der Waals surface area contributed by atoms with Gasteiger partial charge in [0.15, 0.2) is 0 Å². The van der Waals surface area contributed by atoms with E-state index in [-0.39, 0.29) is 11.3 Å². The molecule has 5 nitrogen and oxygen atoms in total. The first-order valence-electron chi connectivity index (χ1n) is 8.70. The minimum atomic E-state index is -0.246. The third kappa shape index (κ3) is 4.47. The van der Waals surface area contributed by atoms with Gasteiger partial charge in [0.1, 0.15) is 11.6 Å². The maximum Gasteiger partial charge on any atom is 0.258 e. The zero-order chi connectivity index (χ0) is 20.5. The molecule has 2 aromatic carbocycles. The van der Waals surface area contributed by atoms with Gasteiger partial charge in [-0.2, -0.15) is 5.10 Å². The van der Waals surface area contributed by atoms with E-state index in [9.17, 15) is 4.79 Å². The molecule has 28 heavy (non-hydrogen) atoms. The molecule has 1 heterocycles. The van der Waals surface area contributed by atoms with Crippen molar-refractivity contribution < 1.29 is 9.53 Å². The van der Waals surface area contributed by atoms with Gasteiger partial charge in [-0.05, 0) is 58.4 Å². The van der Waals surface area contributed by atoms with Crippen LogP contribution in [0.4, 0.5) is 5.82 Å². The second-order valence-corrected chi connectivity index (χ2v) is 9.12. The van der Waals surface area contributed by atoms with Gasteiger partial charge in [-0.3, -0.25) is 4.79 Å². The summed E-state index contributed by atoms with van der Waals surface area (Å²) in [7, 11) is 1.57. The van der Waals surface area contributed by atoms with E-state index in [1.807, 2.05) is 30.3 Å². The van der Waals surface area contributed by atoms with Gasteiger partial charge in [-0.15, -0.1) is 0 Å². The number of hydrogen-bond acceptors (Lipinski definition) is 3. The molecule has 1 aromatic heterocycles. The molecule has 0 saturated carbocycles. The van der Waals surface area contributed by atoms with Gasteiger partial charge in [0.05, 0.1) is 24.1 Å². The van der Waals surface area contributed by atoms with E-state index in [0.29, 0.717) is 21.6 Å². The fraction of sp³-hybridized carbons (Fsp3) is 0.238. The van der Waals surface area contributed by atoms with Gasteiger partial charge < -0.3 is 10.1 Å². The molecule has 3 aromatic rings. The maximum atomic E-state index is 13.0. The van der Waals surface area contributed by atoms with Crippen molar-refractivity contribution in [2.24, 2.45) is 0 Å². The van der Waals surface area contributed by atoms with Crippen molar-refractivity contribution in [3.63, 3.8) is 0 Å². The first-order chi connectivity index (χ1) is 13.2. The summed E-state index contributed by atoms with van der Waals surface area (Å²) in [5, 5.41) is 7.72. The van der Waals surface area contributed by atoms with Gasteiger partial charge in [-0.1, -0.05) is 36.7 Å². The predicted octanol–water partition coefficient (Wildman–Crippen LogP) is 5.96. The number of carbonyl (C=O) groups excluding carboxylic acids is 1. The molecule has 146 valence electrons. The molecule has 7 heteroatoms. The molecule has 0 aliphatic carbocycles. The van der Waals surface area contributed by atoms with Gasteiger partial charge in [-0.25, -0.2) is 4.68 Å². The summed E-state index contributed by atoms with van der Waals surface area (Å²) < 4.78 is 8.66. The highest BCUT2D eigenvalue weighted by atomic mass is 79.9. The first-order valence-corrected chi connectivity index (χ1v) is 10.3. The Balaban J connectivity index is 2.02. The number of nitrogens with zero attached hydrogens (tertiary/aromatic N) is 2. The van der Waals surface area contributed by atoms with Gasteiger partial charge in [0.2, 0.25) is 0 Å². The second-order valence-electron chi connectivity index (χ2n) is 7.35. The first kappa shape index (κ1) is 20.6. The average molecular weight is 507 g/mol. The molecular weight excluding hydrogens is 486 g/mol. The van der Waals surface area contributed by atoms with Crippen LogP contribution in [-0.4, -0.2) is 22.8 Å². The fourth-order valence-corrected chi connectivity index (χ4v) is 3.30. The van der Waals surface area contributed by atoms with Crippen LogP contribution in [0.2, 0.25) is 0 Å². The molecule has 1 N–H and O–H groups in total. The Bertz CT molecular complexity index is 1010. The van der Waals surface area contributed by atoms with Crippen molar-refractivity contribution in [1.29, 1.82) is 0 Å². The van der Waals surface area contributed by atoms with E-state index < -0.39 is 0 Å². The van der Waals surface area contributed by atoms with Crippen LogP contribution in [0.3, 0.4) is 0 Å². The predicted molar refractivity (Wildman–Crippen MR) is 119 cm³/mol. The van der Waals surface area contributed by atoms with Crippen molar-refractivity contribution in [1.82, 2.24) is 9.78 Å². The number of ether oxygens (including phenoxy) is 1. The van der Waals surface area contributed by atoms with Crippen molar-refractivity contribution in [2.75, 3.05) is 12.4 Å². The number of aromatic nitrogens is 2. The lowest BCUT2D eigenvalue weighted by Crippen LogP contribution is -2.16. The maximum absolute atomic E-state index is 13.0. The molecule has 0 aliphatic heterocycles. The lowest BCUT2D eigenvalue weighted by molar-refractivity contribution is 0.102. The summed E-state index contributed by atoms with van der Waals surface area (Å²) in [6, 6.07) is 15.0. The van der Waals surface area contributed by atoms with Crippen LogP contribution in [0.15, 0.2) is 57.5 Å². The van der Waals surface area contributed by atoms with Crippen LogP contribution in [0, 0.1) is 0 Å². The number of methoxy groups -OCH3 is 1. The van der Waals surface area contributed by atoms with Crippen molar-refractivity contribution in [3.8, 4) is 11.4 Å². The largest absolute Gasteiger partial charge is 0.497 e. The van der Waals surface area contributed by atoms with Gasteiger partial charge in [0.25, 0.3) is 5.91 Å².